The van der Waals surface area contributed by atoms with Gasteiger partial charge in [0.2, 0.25) is 0 Å². The van der Waals surface area contributed by atoms with Crippen LogP contribution in [0.25, 0.3) is 0 Å². The summed E-state index contributed by atoms with van der Waals surface area (Å²) in [6.07, 6.45) is 0.552. The molecule has 2 aromatic rings. The zero-order chi connectivity index (χ0) is 13.1. The Morgan fingerprint density at radius 3 is 2.89 bits per heavy atom. The lowest BCUT2D eigenvalue weighted by molar-refractivity contribution is 0.409. The predicted molar refractivity (Wildman–Crippen MR) is 72.9 cm³/mol. The van der Waals surface area contributed by atoms with Gasteiger partial charge < -0.3 is 10.5 Å². The molecule has 0 saturated heterocycles. The molecule has 0 aliphatic carbocycles. The first-order chi connectivity index (χ1) is 8.61. The molecule has 0 fully saturated rings. The standard InChI is InChI=1S/C13H13ClFNOS/c1-17-12-4-5-18-13(12)11(16)6-8-2-3-9(15)7-10(8)14/h2-5,7,11H,6,16H2,1H3. The SMILES string of the molecule is COc1ccsc1C(N)Cc1ccc(F)cc1Cl. The fourth-order valence-electron chi connectivity index (χ4n) is 1.76. The molecule has 2 N–H and O–H groups in total. The van der Waals surface area contributed by atoms with E-state index < -0.39 is 0 Å². The number of thiophene rings is 1. The summed E-state index contributed by atoms with van der Waals surface area (Å²) in [5.74, 6) is 0.441. The van der Waals surface area contributed by atoms with Crippen LogP contribution in [-0.2, 0) is 6.42 Å². The molecule has 0 spiro atoms. The summed E-state index contributed by atoms with van der Waals surface area (Å²) in [4.78, 5) is 0.970. The van der Waals surface area contributed by atoms with Gasteiger partial charge in [0.1, 0.15) is 11.6 Å². The molecule has 0 saturated carbocycles. The topological polar surface area (TPSA) is 35.2 Å². The highest BCUT2D eigenvalue weighted by atomic mass is 35.5. The summed E-state index contributed by atoms with van der Waals surface area (Å²) in [7, 11) is 1.61. The number of halogens is 2. The van der Waals surface area contributed by atoms with Crippen LogP contribution in [0.2, 0.25) is 5.02 Å². The molecule has 96 valence electrons. The molecule has 0 aliphatic rings. The number of methoxy groups -OCH3 is 1. The summed E-state index contributed by atoms with van der Waals surface area (Å²) in [5.41, 5.74) is 6.97. The van der Waals surface area contributed by atoms with Crippen LogP contribution in [0.3, 0.4) is 0 Å². The molecular formula is C13H13ClFNOS. The normalized spacial score (nSPS) is 12.4. The average molecular weight is 286 g/mol. The van der Waals surface area contributed by atoms with Gasteiger partial charge in [0.25, 0.3) is 0 Å². The molecule has 0 amide bonds. The van der Waals surface area contributed by atoms with Gasteiger partial charge in [-0.05, 0) is 35.6 Å². The Morgan fingerprint density at radius 1 is 1.44 bits per heavy atom. The Hall–Kier alpha value is -1.10. The van der Waals surface area contributed by atoms with Crippen LogP contribution < -0.4 is 10.5 Å². The van der Waals surface area contributed by atoms with Crippen molar-refractivity contribution in [1.29, 1.82) is 0 Å². The molecule has 1 unspecified atom stereocenters. The van der Waals surface area contributed by atoms with Crippen molar-refractivity contribution in [1.82, 2.24) is 0 Å². The second-order valence-corrected chi connectivity index (χ2v) is 5.25. The van der Waals surface area contributed by atoms with Crippen LogP contribution in [0.1, 0.15) is 16.5 Å². The number of ether oxygens (including phenoxy) is 1. The van der Waals surface area contributed by atoms with Crippen LogP contribution in [0.5, 0.6) is 5.75 Å². The van der Waals surface area contributed by atoms with Crippen molar-refractivity contribution in [2.24, 2.45) is 5.73 Å². The van der Waals surface area contributed by atoms with Gasteiger partial charge >= 0.3 is 0 Å². The molecule has 1 aromatic heterocycles. The lowest BCUT2D eigenvalue weighted by Gasteiger charge is -2.13. The third-order valence-corrected chi connectivity index (χ3v) is 4.05. The second-order valence-electron chi connectivity index (χ2n) is 3.90. The highest BCUT2D eigenvalue weighted by Gasteiger charge is 2.15. The maximum absolute atomic E-state index is 12.9. The fourth-order valence-corrected chi connectivity index (χ4v) is 2.87. The number of nitrogens with two attached hydrogens (primary N) is 1. The van der Waals surface area contributed by atoms with Crippen molar-refractivity contribution in [3.8, 4) is 5.75 Å². The van der Waals surface area contributed by atoms with Crippen LogP contribution >= 0.6 is 22.9 Å². The van der Waals surface area contributed by atoms with Gasteiger partial charge in [-0.25, -0.2) is 4.39 Å². The van der Waals surface area contributed by atoms with Crippen LogP contribution in [0.4, 0.5) is 4.39 Å². The predicted octanol–water partition coefficient (Wildman–Crippen LogP) is 3.79. The maximum atomic E-state index is 12.9. The fraction of sp³-hybridized carbons (Fsp3) is 0.231. The molecule has 5 heteroatoms. The molecule has 18 heavy (non-hydrogen) atoms. The summed E-state index contributed by atoms with van der Waals surface area (Å²) in [6.45, 7) is 0. The highest BCUT2D eigenvalue weighted by molar-refractivity contribution is 7.10. The first kappa shape index (κ1) is 13.3. The first-order valence-electron chi connectivity index (χ1n) is 5.42. The lowest BCUT2D eigenvalue weighted by Crippen LogP contribution is -2.13. The Balaban J connectivity index is 2.18. The highest BCUT2D eigenvalue weighted by Crippen LogP contribution is 2.32. The van der Waals surface area contributed by atoms with Crippen molar-refractivity contribution in [2.45, 2.75) is 12.5 Å². The Bertz CT molecular complexity index is 544. The summed E-state index contributed by atoms with van der Waals surface area (Å²) >= 11 is 7.53. The van der Waals surface area contributed by atoms with Crippen molar-refractivity contribution in [3.63, 3.8) is 0 Å². The number of hydrogen-bond acceptors (Lipinski definition) is 3. The van der Waals surface area contributed by atoms with Gasteiger partial charge in [0.05, 0.1) is 12.0 Å². The van der Waals surface area contributed by atoms with E-state index in [1.54, 1.807) is 24.5 Å². The van der Waals surface area contributed by atoms with E-state index in [1.165, 1.54) is 12.1 Å². The number of benzene rings is 1. The lowest BCUT2D eigenvalue weighted by atomic mass is 10.0. The third-order valence-electron chi connectivity index (χ3n) is 2.67. The van der Waals surface area contributed by atoms with Crippen molar-refractivity contribution in [2.75, 3.05) is 7.11 Å². The second kappa shape index (κ2) is 5.69. The first-order valence-corrected chi connectivity index (χ1v) is 6.68. The molecular weight excluding hydrogens is 273 g/mol. The van der Waals surface area contributed by atoms with E-state index >= 15 is 0 Å². The van der Waals surface area contributed by atoms with Crippen LogP contribution in [0.15, 0.2) is 29.6 Å². The van der Waals surface area contributed by atoms with E-state index in [0.717, 1.165) is 16.2 Å². The Morgan fingerprint density at radius 2 is 2.22 bits per heavy atom. The van der Waals surface area contributed by atoms with Crippen molar-refractivity contribution >= 4 is 22.9 Å². The van der Waals surface area contributed by atoms with Crippen molar-refractivity contribution in [3.05, 3.63) is 50.9 Å². The molecule has 1 aromatic carbocycles. The van der Waals surface area contributed by atoms with Gasteiger partial charge in [-0.1, -0.05) is 17.7 Å². The number of rotatable bonds is 4. The monoisotopic (exact) mass is 285 g/mol. The summed E-state index contributed by atoms with van der Waals surface area (Å²) in [5, 5.41) is 2.33. The molecule has 0 radical (unpaired) electrons. The van der Waals surface area contributed by atoms with E-state index in [9.17, 15) is 4.39 Å². The van der Waals surface area contributed by atoms with E-state index in [1.807, 2.05) is 11.4 Å². The minimum Gasteiger partial charge on any atom is -0.496 e. The molecule has 2 nitrogen and oxygen atoms in total. The molecule has 1 atom stereocenters. The zero-order valence-corrected chi connectivity index (χ0v) is 11.4. The van der Waals surface area contributed by atoms with Gasteiger partial charge in [-0.15, -0.1) is 11.3 Å². The van der Waals surface area contributed by atoms with E-state index in [2.05, 4.69) is 0 Å². The average Bonchev–Trinajstić information content (AvgIpc) is 2.81. The summed E-state index contributed by atoms with van der Waals surface area (Å²) in [6, 6.07) is 6.03. The number of hydrogen-bond donors (Lipinski definition) is 1. The van der Waals surface area contributed by atoms with E-state index in [4.69, 9.17) is 22.1 Å². The van der Waals surface area contributed by atoms with E-state index in [-0.39, 0.29) is 11.9 Å². The Kier molecular flexibility index (Phi) is 4.22. The minimum absolute atomic E-state index is 0.206. The van der Waals surface area contributed by atoms with Crippen molar-refractivity contribution < 1.29 is 9.13 Å². The van der Waals surface area contributed by atoms with Crippen LogP contribution in [0, 0.1) is 5.82 Å². The van der Waals surface area contributed by atoms with E-state index in [0.29, 0.717) is 11.4 Å². The van der Waals surface area contributed by atoms with Gasteiger partial charge in [0.15, 0.2) is 0 Å². The van der Waals surface area contributed by atoms with Gasteiger partial charge in [0, 0.05) is 11.1 Å². The smallest absolute Gasteiger partial charge is 0.134 e. The van der Waals surface area contributed by atoms with Gasteiger partial charge in [-0.2, -0.15) is 0 Å². The molecule has 1 heterocycles. The maximum Gasteiger partial charge on any atom is 0.134 e. The van der Waals surface area contributed by atoms with Gasteiger partial charge in [-0.3, -0.25) is 0 Å². The zero-order valence-electron chi connectivity index (χ0n) is 9.82. The largest absolute Gasteiger partial charge is 0.496 e. The summed E-state index contributed by atoms with van der Waals surface area (Å²) < 4.78 is 18.2. The quantitative estimate of drug-likeness (QED) is 0.927. The third kappa shape index (κ3) is 2.83. The Labute approximate surface area is 114 Å². The van der Waals surface area contributed by atoms with Crippen LogP contribution in [-0.4, -0.2) is 7.11 Å². The molecule has 0 bridgehead atoms. The molecule has 0 aliphatic heterocycles. The minimum atomic E-state index is -0.342. The molecule has 2 rings (SSSR count).